The second-order valence-electron chi connectivity index (χ2n) is 4.29. The van der Waals surface area contributed by atoms with Crippen molar-refractivity contribution in [1.29, 1.82) is 0 Å². The van der Waals surface area contributed by atoms with Crippen molar-refractivity contribution in [2.75, 3.05) is 26.2 Å². The van der Waals surface area contributed by atoms with E-state index in [0.29, 0.717) is 6.42 Å². The highest BCUT2D eigenvalue weighted by Crippen LogP contribution is 2.02. The predicted molar refractivity (Wildman–Crippen MR) is 65.9 cm³/mol. The first-order chi connectivity index (χ1) is 7.76. The molecule has 1 aliphatic heterocycles. The first kappa shape index (κ1) is 13.5. The van der Waals surface area contributed by atoms with E-state index < -0.39 is 0 Å². The molecule has 1 saturated heterocycles. The van der Waals surface area contributed by atoms with E-state index in [0.717, 1.165) is 32.6 Å². The number of hydrogen-bond acceptors (Lipinski definition) is 3. The van der Waals surface area contributed by atoms with Gasteiger partial charge in [-0.25, -0.2) is 0 Å². The molecule has 1 radical (unpaired) electrons. The van der Waals surface area contributed by atoms with Gasteiger partial charge in [0.2, 0.25) is 5.91 Å². The van der Waals surface area contributed by atoms with E-state index in [1.807, 2.05) is 6.92 Å². The highest BCUT2D eigenvalue weighted by molar-refractivity contribution is 5.75. The summed E-state index contributed by atoms with van der Waals surface area (Å²) < 4.78 is 0. The molecule has 4 heteroatoms. The Morgan fingerprint density at radius 3 is 3.06 bits per heavy atom. The van der Waals surface area contributed by atoms with E-state index in [4.69, 9.17) is 0 Å². The zero-order chi connectivity index (χ0) is 11.8. The van der Waals surface area contributed by atoms with Crippen LogP contribution in [0.4, 0.5) is 0 Å². The Kier molecular flexibility index (Phi) is 6.42. The molecule has 4 nitrogen and oxygen atoms in total. The molecule has 1 aliphatic rings. The third-order valence-corrected chi connectivity index (χ3v) is 2.89. The maximum Gasteiger partial charge on any atom is 0.220 e. The van der Waals surface area contributed by atoms with Crippen LogP contribution in [0.3, 0.4) is 0 Å². The monoisotopic (exact) mass is 226 g/mol. The fraction of sp³-hybridized carbons (Fsp3) is 0.833. The van der Waals surface area contributed by atoms with Crippen LogP contribution in [0.25, 0.3) is 0 Å². The van der Waals surface area contributed by atoms with Crippen molar-refractivity contribution in [3.63, 3.8) is 0 Å². The Labute approximate surface area is 98.8 Å². The van der Waals surface area contributed by atoms with Gasteiger partial charge < -0.3 is 5.32 Å². The minimum Gasteiger partial charge on any atom is -0.339 e. The number of carbonyl (C=O) groups is 1. The van der Waals surface area contributed by atoms with Crippen LogP contribution in [0, 0.1) is 6.92 Å². The fourth-order valence-corrected chi connectivity index (χ4v) is 1.92. The first-order valence-electron chi connectivity index (χ1n) is 6.30. The number of rotatable bonds is 6. The van der Waals surface area contributed by atoms with Crippen LogP contribution in [0.15, 0.2) is 0 Å². The van der Waals surface area contributed by atoms with Crippen LogP contribution in [-0.2, 0) is 4.79 Å². The van der Waals surface area contributed by atoms with Crippen LogP contribution >= 0.6 is 0 Å². The van der Waals surface area contributed by atoms with Crippen LogP contribution in [0.1, 0.15) is 32.6 Å². The molecule has 1 unspecified atom stereocenters. The topological polar surface area (TPSA) is 44.4 Å². The lowest BCUT2D eigenvalue weighted by Crippen LogP contribution is -2.58. The lowest BCUT2D eigenvalue weighted by molar-refractivity contribution is -0.122. The lowest BCUT2D eigenvalue weighted by atomic mass is 10.2. The van der Waals surface area contributed by atoms with Gasteiger partial charge in [-0.2, -0.15) is 0 Å². The SMILES string of the molecule is [CH2]CCCCN1CCNC(NC(=O)CC)C1. The Morgan fingerprint density at radius 1 is 1.56 bits per heavy atom. The number of hydrogen-bond donors (Lipinski definition) is 2. The summed E-state index contributed by atoms with van der Waals surface area (Å²) in [6.45, 7) is 9.80. The molecule has 1 atom stereocenters. The van der Waals surface area contributed by atoms with Crippen LogP contribution in [0.5, 0.6) is 0 Å². The standard InChI is InChI=1S/C12H24N3O/c1-3-5-6-8-15-9-7-13-11(10-15)14-12(16)4-2/h11,13H,1,3-10H2,2H3,(H,14,16). The molecule has 0 bridgehead atoms. The maximum absolute atomic E-state index is 11.3. The molecule has 16 heavy (non-hydrogen) atoms. The van der Waals surface area contributed by atoms with Gasteiger partial charge in [-0.15, -0.1) is 0 Å². The molecule has 93 valence electrons. The van der Waals surface area contributed by atoms with Gasteiger partial charge >= 0.3 is 0 Å². The summed E-state index contributed by atoms with van der Waals surface area (Å²) in [6, 6.07) is 0. The predicted octanol–water partition coefficient (Wildman–Crippen LogP) is 0.748. The highest BCUT2D eigenvalue weighted by atomic mass is 16.1. The van der Waals surface area contributed by atoms with Crippen LogP contribution < -0.4 is 10.6 Å². The third-order valence-electron chi connectivity index (χ3n) is 2.89. The Morgan fingerprint density at radius 2 is 2.38 bits per heavy atom. The Hall–Kier alpha value is -0.610. The smallest absolute Gasteiger partial charge is 0.220 e. The number of carbonyl (C=O) groups excluding carboxylic acids is 1. The molecule has 2 N–H and O–H groups in total. The third kappa shape index (κ3) is 4.94. The first-order valence-corrected chi connectivity index (χ1v) is 6.30. The average Bonchev–Trinajstić information content (AvgIpc) is 2.30. The Balaban J connectivity index is 2.21. The quantitative estimate of drug-likeness (QED) is 0.657. The van der Waals surface area contributed by atoms with Gasteiger partial charge in [-0.05, 0) is 13.0 Å². The molecule has 0 aliphatic carbocycles. The highest BCUT2D eigenvalue weighted by Gasteiger charge is 2.19. The Bertz CT molecular complexity index is 208. The summed E-state index contributed by atoms with van der Waals surface area (Å²) in [7, 11) is 0. The number of nitrogens with one attached hydrogen (secondary N) is 2. The molecular formula is C12H24N3O. The van der Waals surface area contributed by atoms with Gasteiger partial charge in [0.25, 0.3) is 0 Å². The van der Waals surface area contributed by atoms with E-state index in [1.165, 1.54) is 12.8 Å². The molecule has 1 heterocycles. The van der Waals surface area contributed by atoms with Crippen molar-refractivity contribution in [1.82, 2.24) is 15.5 Å². The van der Waals surface area contributed by atoms with E-state index in [1.54, 1.807) is 0 Å². The van der Waals surface area contributed by atoms with Crippen molar-refractivity contribution in [3.05, 3.63) is 6.92 Å². The van der Waals surface area contributed by atoms with E-state index in [-0.39, 0.29) is 12.1 Å². The second kappa shape index (κ2) is 7.63. The summed E-state index contributed by atoms with van der Waals surface area (Å²) >= 11 is 0. The van der Waals surface area contributed by atoms with Gasteiger partial charge in [0.05, 0.1) is 6.17 Å². The minimum absolute atomic E-state index is 0.122. The molecule has 1 amide bonds. The summed E-state index contributed by atoms with van der Waals surface area (Å²) in [4.78, 5) is 13.7. The average molecular weight is 226 g/mol. The molecule has 1 fully saturated rings. The van der Waals surface area contributed by atoms with E-state index >= 15 is 0 Å². The molecule has 0 aromatic rings. The van der Waals surface area contributed by atoms with Crippen molar-refractivity contribution < 1.29 is 4.79 Å². The largest absolute Gasteiger partial charge is 0.339 e. The van der Waals surface area contributed by atoms with Gasteiger partial charge in [0.15, 0.2) is 0 Å². The van der Waals surface area contributed by atoms with Gasteiger partial charge in [-0.3, -0.25) is 15.0 Å². The van der Waals surface area contributed by atoms with E-state index in [9.17, 15) is 4.79 Å². The summed E-state index contributed by atoms with van der Waals surface area (Å²) in [5.74, 6) is 0.122. The van der Waals surface area contributed by atoms with E-state index in [2.05, 4.69) is 22.5 Å². The normalized spacial score (nSPS) is 22.0. The second-order valence-corrected chi connectivity index (χ2v) is 4.29. The zero-order valence-electron chi connectivity index (χ0n) is 10.3. The van der Waals surface area contributed by atoms with Gasteiger partial charge in [-0.1, -0.05) is 26.7 Å². The van der Waals surface area contributed by atoms with Crippen LogP contribution in [-0.4, -0.2) is 43.2 Å². The molecule has 0 aromatic heterocycles. The minimum atomic E-state index is 0.122. The number of amides is 1. The lowest BCUT2D eigenvalue weighted by Gasteiger charge is -2.34. The fourth-order valence-electron chi connectivity index (χ4n) is 1.92. The zero-order valence-corrected chi connectivity index (χ0v) is 10.3. The summed E-state index contributed by atoms with van der Waals surface area (Å²) in [6.07, 6.45) is 4.09. The number of piperazine rings is 1. The summed E-state index contributed by atoms with van der Waals surface area (Å²) in [5.41, 5.74) is 0. The number of nitrogens with zero attached hydrogens (tertiary/aromatic N) is 1. The van der Waals surface area contributed by atoms with Gasteiger partial charge in [0, 0.05) is 26.1 Å². The molecule has 0 aromatic carbocycles. The summed E-state index contributed by atoms with van der Waals surface area (Å²) in [5, 5.41) is 6.30. The van der Waals surface area contributed by atoms with Crippen molar-refractivity contribution in [2.24, 2.45) is 0 Å². The molecule has 0 spiro atoms. The molecule has 1 rings (SSSR count). The van der Waals surface area contributed by atoms with Crippen LogP contribution in [0.2, 0.25) is 0 Å². The van der Waals surface area contributed by atoms with Crippen molar-refractivity contribution in [3.8, 4) is 0 Å². The van der Waals surface area contributed by atoms with Crippen molar-refractivity contribution in [2.45, 2.75) is 38.8 Å². The maximum atomic E-state index is 11.3. The molecule has 0 saturated carbocycles. The number of unbranched alkanes of at least 4 members (excludes halogenated alkanes) is 2. The van der Waals surface area contributed by atoms with Crippen molar-refractivity contribution >= 4 is 5.91 Å². The van der Waals surface area contributed by atoms with Gasteiger partial charge in [0.1, 0.15) is 0 Å². The molecular weight excluding hydrogens is 202 g/mol.